The van der Waals surface area contributed by atoms with E-state index in [4.69, 9.17) is 0 Å². The van der Waals surface area contributed by atoms with Crippen LogP contribution in [0.3, 0.4) is 0 Å². The molecule has 0 saturated heterocycles. The van der Waals surface area contributed by atoms with Crippen LogP contribution < -0.4 is 0 Å². The molecule has 3 heteroatoms. The minimum atomic E-state index is 0.752. The van der Waals surface area contributed by atoms with Crippen LogP contribution in [0, 0.1) is 5.92 Å². The Morgan fingerprint density at radius 3 is 2.21 bits per heavy atom. The van der Waals surface area contributed by atoms with Gasteiger partial charge >= 0.3 is 0 Å². The molecule has 0 N–H and O–H groups in total. The Hall–Kier alpha value is 0.270. The lowest BCUT2D eigenvalue weighted by atomic mass is 10.1. The average molecular weight is 218 g/mol. The molecule has 1 atom stereocenters. The van der Waals surface area contributed by atoms with Gasteiger partial charge in [-0.15, -0.1) is 0 Å². The highest BCUT2D eigenvalue weighted by molar-refractivity contribution is 7.80. The highest BCUT2D eigenvalue weighted by Gasteiger charge is 2.07. The summed E-state index contributed by atoms with van der Waals surface area (Å²) in [4.78, 5) is 4.66. The third-order valence-corrected chi connectivity index (χ3v) is 3.07. The number of thiol groups is 1. The van der Waals surface area contributed by atoms with E-state index in [1.165, 1.54) is 32.5 Å². The van der Waals surface area contributed by atoms with Crippen molar-refractivity contribution in [3.8, 4) is 0 Å². The molecule has 0 fully saturated rings. The van der Waals surface area contributed by atoms with E-state index in [2.05, 4.69) is 50.5 Å². The summed E-state index contributed by atoms with van der Waals surface area (Å²) in [5, 5.41) is 0. The maximum Gasteiger partial charge on any atom is 0.00143 e. The first-order valence-electron chi connectivity index (χ1n) is 5.54. The molecule has 0 aliphatic rings. The van der Waals surface area contributed by atoms with Gasteiger partial charge in [0.05, 0.1) is 0 Å². The van der Waals surface area contributed by atoms with Crippen molar-refractivity contribution in [3.63, 3.8) is 0 Å². The maximum absolute atomic E-state index is 4.36. The lowest BCUT2D eigenvalue weighted by Crippen LogP contribution is -2.29. The molecule has 1 unspecified atom stereocenters. The van der Waals surface area contributed by atoms with E-state index in [-0.39, 0.29) is 0 Å². The molecule has 0 radical (unpaired) electrons. The van der Waals surface area contributed by atoms with Gasteiger partial charge in [0.25, 0.3) is 0 Å². The summed E-state index contributed by atoms with van der Waals surface area (Å²) in [5.74, 6) is 1.76. The Morgan fingerprint density at radius 2 is 1.79 bits per heavy atom. The number of hydrogen-bond acceptors (Lipinski definition) is 3. The Labute approximate surface area is 95.1 Å². The average Bonchev–Trinajstić information content (AvgIpc) is 2.13. The molecule has 86 valence electrons. The fraction of sp³-hybridized carbons (Fsp3) is 1.00. The molecule has 0 aromatic carbocycles. The van der Waals surface area contributed by atoms with Crippen LogP contribution in [0.25, 0.3) is 0 Å². The summed E-state index contributed by atoms with van der Waals surface area (Å²) >= 11 is 4.36. The largest absolute Gasteiger partial charge is 0.309 e. The fourth-order valence-corrected chi connectivity index (χ4v) is 1.88. The van der Waals surface area contributed by atoms with E-state index in [0.29, 0.717) is 0 Å². The van der Waals surface area contributed by atoms with Gasteiger partial charge in [-0.3, -0.25) is 0 Å². The molecule has 0 aliphatic heterocycles. The van der Waals surface area contributed by atoms with Gasteiger partial charge in [-0.1, -0.05) is 13.3 Å². The van der Waals surface area contributed by atoms with Crippen LogP contribution in [0.15, 0.2) is 0 Å². The van der Waals surface area contributed by atoms with Gasteiger partial charge in [-0.25, -0.2) is 0 Å². The lowest BCUT2D eigenvalue weighted by Gasteiger charge is -2.22. The second-order valence-electron chi connectivity index (χ2n) is 4.38. The second-order valence-corrected chi connectivity index (χ2v) is 4.74. The second kappa shape index (κ2) is 8.57. The van der Waals surface area contributed by atoms with Gasteiger partial charge in [-0.05, 0) is 52.3 Å². The van der Waals surface area contributed by atoms with Crippen molar-refractivity contribution >= 4 is 12.6 Å². The lowest BCUT2D eigenvalue weighted by molar-refractivity contribution is 0.266. The predicted octanol–water partition coefficient (Wildman–Crippen LogP) is 1.83. The molecule has 0 saturated carbocycles. The molecular formula is C11H26N2S. The summed E-state index contributed by atoms with van der Waals surface area (Å²) in [5.41, 5.74) is 0. The van der Waals surface area contributed by atoms with Gasteiger partial charge in [0.2, 0.25) is 0 Å². The standard InChI is InChI=1S/C11H26N2S/c1-5-11(10-14)9-13(4)8-6-7-12(2)3/h11,14H,5-10H2,1-4H3. The number of nitrogens with zero attached hydrogens (tertiary/aromatic N) is 2. The topological polar surface area (TPSA) is 6.48 Å². The first-order chi connectivity index (χ1) is 6.60. The highest BCUT2D eigenvalue weighted by atomic mass is 32.1. The van der Waals surface area contributed by atoms with Crippen LogP contribution in [0.5, 0.6) is 0 Å². The van der Waals surface area contributed by atoms with Crippen molar-refractivity contribution in [2.45, 2.75) is 19.8 Å². The zero-order chi connectivity index (χ0) is 11.0. The normalized spacial score (nSPS) is 13.9. The van der Waals surface area contributed by atoms with E-state index in [1.807, 2.05) is 0 Å². The molecule has 2 nitrogen and oxygen atoms in total. The smallest absolute Gasteiger partial charge is 0.00143 e. The molecule has 0 amide bonds. The first-order valence-corrected chi connectivity index (χ1v) is 6.17. The van der Waals surface area contributed by atoms with Crippen molar-refractivity contribution in [1.82, 2.24) is 9.80 Å². The molecule has 0 bridgehead atoms. The highest BCUT2D eigenvalue weighted by Crippen LogP contribution is 2.06. The number of rotatable bonds is 8. The SMILES string of the molecule is CCC(CS)CN(C)CCCN(C)C. The minimum Gasteiger partial charge on any atom is -0.309 e. The van der Waals surface area contributed by atoms with E-state index in [0.717, 1.165) is 11.7 Å². The van der Waals surface area contributed by atoms with Gasteiger partial charge in [0, 0.05) is 6.54 Å². The maximum atomic E-state index is 4.36. The van der Waals surface area contributed by atoms with Crippen molar-refractivity contribution in [3.05, 3.63) is 0 Å². The quantitative estimate of drug-likeness (QED) is 0.621. The summed E-state index contributed by atoms with van der Waals surface area (Å²) in [7, 11) is 6.47. The Bertz CT molecular complexity index is 124. The zero-order valence-electron chi connectivity index (χ0n) is 10.2. The third-order valence-electron chi connectivity index (χ3n) is 2.55. The monoisotopic (exact) mass is 218 g/mol. The van der Waals surface area contributed by atoms with Gasteiger partial charge in [0.15, 0.2) is 0 Å². The Kier molecular flexibility index (Phi) is 8.73. The van der Waals surface area contributed by atoms with Crippen LogP contribution in [0.4, 0.5) is 0 Å². The van der Waals surface area contributed by atoms with Crippen molar-refractivity contribution < 1.29 is 0 Å². The molecule has 0 aromatic rings. The molecule has 0 rings (SSSR count). The molecular weight excluding hydrogens is 192 g/mol. The first kappa shape index (κ1) is 14.3. The Morgan fingerprint density at radius 1 is 1.14 bits per heavy atom. The molecule has 0 aliphatic carbocycles. The summed E-state index contributed by atoms with van der Waals surface area (Å²) < 4.78 is 0. The molecule has 0 heterocycles. The van der Waals surface area contributed by atoms with Crippen molar-refractivity contribution in [2.75, 3.05) is 46.5 Å². The van der Waals surface area contributed by atoms with E-state index in [9.17, 15) is 0 Å². The summed E-state index contributed by atoms with van der Waals surface area (Å²) in [6.45, 7) is 5.81. The van der Waals surface area contributed by atoms with E-state index in [1.54, 1.807) is 0 Å². The van der Waals surface area contributed by atoms with Crippen LogP contribution in [-0.2, 0) is 0 Å². The fourth-order valence-electron chi connectivity index (χ4n) is 1.50. The Balaban J connectivity index is 3.48. The minimum absolute atomic E-state index is 0.752. The van der Waals surface area contributed by atoms with E-state index >= 15 is 0 Å². The van der Waals surface area contributed by atoms with Gasteiger partial charge in [0.1, 0.15) is 0 Å². The number of hydrogen-bond donors (Lipinski definition) is 1. The van der Waals surface area contributed by atoms with E-state index < -0.39 is 0 Å². The van der Waals surface area contributed by atoms with Crippen molar-refractivity contribution in [1.29, 1.82) is 0 Å². The predicted molar refractivity (Wildman–Crippen MR) is 68.3 cm³/mol. The van der Waals surface area contributed by atoms with Gasteiger partial charge < -0.3 is 9.80 Å². The van der Waals surface area contributed by atoms with Crippen LogP contribution in [-0.4, -0.2) is 56.3 Å². The zero-order valence-corrected chi connectivity index (χ0v) is 11.1. The van der Waals surface area contributed by atoms with Crippen LogP contribution in [0.1, 0.15) is 19.8 Å². The molecule has 14 heavy (non-hydrogen) atoms. The summed E-state index contributed by atoms with van der Waals surface area (Å²) in [6, 6.07) is 0. The van der Waals surface area contributed by atoms with Crippen molar-refractivity contribution in [2.24, 2.45) is 5.92 Å². The molecule has 0 aromatic heterocycles. The van der Waals surface area contributed by atoms with Gasteiger partial charge in [-0.2, -0.15) is 12.6 Å². The van der Waals surface area contributed by atoms with Crippen LogP contribution in [0.2, 0.25) is 0 Å². The van der Waals surface area contributed by atoms with Crippen LogP contribution >= 0.6 is 12.6 Å². The molecule has 0 spiro atoms. The third kappa shape index (κ3) is 7.65. The summed E-state index contributed by atoms with van der Waals surface area (Å²) in [6.07, 6.45) is 2.49.